The van der Waals surface area contributed by atoms with Crippen molar-refractivity contribution in [2.45, 2.75) is 25.8 Å². The van der Waals surface area contributed by atoms with Crippen molar-refractivity contribution in [1.82, 2.24) is 29.7 Å². The van der Waals surface area contributed by atoms with Gasteiger partial charge in [0.05, 0.1) is 11.9 Å². The van der Waals surface area contributed by atoms with Crippen molar-refractivity contribution in [2.75, 3.05) is 18.0 Å². The molecular formula is C20H21N7. The number of nitrogens with one attached hydrogen (secondary N) is 1. The fourth-order valence-corrected chi connectivity index (χ4v) is 3.68. The zero-order valence-electron chi connectivity index (χ0n) is 15.0. The first kappa shape index (κ1) is 16.0. The summed E-state index contributed by atoms with van der Waals surface area (Å²) >= 11 is 0. The second-order valence-corrected chi connectivity index (χ2v) is 6.83. The number of aryl methyl sites for hydroxylation is 2. The van der Waals surface area contributed by atoms with Crippen molar-refractivity contribution in [1.29, 1.82) is 0 Å². The van der Waals surface area contributed by atoms with Gasteiger partial charge in [0.25, 0.3) is 0 Å². The van der Waals surface area contributed by atoms with E-state index >= 15 is 0 Å². The maximum Gasteiger partial charge on any atom is 0.151 e. The van der Waals surface area contributed by atoms with Crippen LogP contribution in [0.25, 0.3) is 11.0 Å². The summed E-state index contributed by atoms with van der Waals surface area (Å²) in [6.45, 7) is 2.57. The Balaban J connectivity index is 1.30. The minimum Gasteiger partial charge on any atom is -0.354 e. The molecule has 0 amide bonds. The molecular weight excluding hydrogens is 338 g/mol. The van der Waals surface area contributed by atoms with Gasteiger partial charge in [0, 0.05) is 32.1 Å². The Kier molecular flexibility index (Phi) is 4.04. The summed E-state index contributed by atoms with van der Waals surface area (Å²) in [5.74, 6) is 2.99. The largest absolute Gasteiger partial charge is 0.354 e. The standard InChI is InChI=1S/C20H21N7/c1-2-4-15(5-3-1)6-7-17-24-18-9-11-26(12-13-27(18)25-17)20-16-8-10-21-19(16)22-14-23-20/h1-5,8,10,14H,6-7,9,11-13H2,(H,21,22,23). The molecule has 1 aliphatic heterocycles. The molecule has 0 atom stereocenters. The van der Waals surface area contributed by atoms with Crippen LogP contribution in [0.1, 0.15) is 17.2 Å². The van der Waals surface area contributed by atoms with Crippen molar-refractivity contribution in [3.8, 4) is 0 Å². The lowest BCUT2D eigenvalue weighted by atomic mass is 10.1. The highest BCUT2D eigenvalue weighted by Gasteiger charge is 2.20. The van der Waals surface area contributed by atoms with E-state index in [1.807, 2.05) is 18.3 Å². The van der Waals surface area contributed by atoms with E-state index < -0.39 is 0 Å². The third-order valence-electron chi connectivity index (χ3n) is 5.09. The summed E-state index contributed by atoms with van der Waals surface area (Å²) in [6.07, 6.45) is 6.25. The molecule has 4 heterocycles. The summed E-state index contributed by atoms with van der Waals surface area (Å²) in [5, 5.41) is 5.81. The van der Waals surface area contributed by atoms with E-state index in [9.17, 15) is 0 Å². The molecule has 7 nitrogen and oxygen atoms in total. The molecule has 1 N–H and O–H groups in total. The van der Waals surface area contributed by atoms with Gasteiger partial charge in [0.1, 0.15) is 23.6 Å². The smallest absolute Gasteiger partial charge is 0.151 e. The number of anilines is 1. The number of rotatable bonds is 4. The van der Waals surface area contributed by atoms with Gasteiger partial charge in [-0.15, -0.1) is 0 Å². The summed E-state index contributed by atoms with van der Waals surface area (Å²) < 4.78 is 2.07. The molecule has 0 radical (unpaired) electrons. The molecule has 0 fully saturated rings. The molecule has 7 heteroatoms. The molecule has 0 bridgehead atoms. The molecule has 27 heavy (non-hydrogen) atoms. The minimum atomic E-state index is 0.823. The van der Waals surface area contributed by atoms with Crippen LogP contribution in [-0.4, -0.2) is 42.8 Å². The molecule has 0 saturated heterocycles. The summed E-state index contributed by atoms with van der Waals surface area (Å²) in [5.41, 5.74) is 2.20. The maximum absolute atomic E-state index is 4.79. The molecule has 0 aliphatic carbocycles. The van der Waals surface area contributed by atoms with E-state index in [0.29, 0.717) is 0 Å². The van der Waals surface area contributed by atoms with Crippen molar-refractivity contribution in [3.63, 3.8) is 0 Å². The van der Waals surface area contributed by atoms with Gasteiger partial charge < -0.3 is 9.88 Å². The fraction of sp³-hybridized carbons (Fsp3) is 0.300. The third-order valence-corrected chi connectivity index (χ3v) is 5.09. The van der Waals surface area contributed by atoms with Crippen LogP contribution in [0.3, 0.4) is 0 Å². The SMILES string of the molecule is c1ccc(CCc2nc3n(n2)CCN(c2ncnc4[nH]ccc24)CC3)cc1. The highest BCUT2D eigenvalue weighted by molar-refractivity contribution is 5.87. The molecule has 0 spiro atoms. The normalized spacial score (nSPS) is 14.3. The molecule has 1 aliphatic rings. The lowest BCUT2D eigenvalue weighted by molar-refractivity contribution is 0.601. The molecule has 4 aromatic rings. The van der Waals surface area contributed by atoms with Crippen LogP contribution in [0.2, 0.25) is 0 Å². The van der Waals surface area contributed by atoms with E-state index in [1.54, 1.807) is 6.33 Å². The molecule has 1 aromatic carbocycles. The van der Waals surface area contributed by atoms with E-state index in [-0.39, 0.29) is 0 Å². The number of nitrogens with zero attached hydrogens (tertiary/aromatic N) is 6. The quantitative estimate of drug-likeness (QED) is 0.605. The zero-order valence-corrected chi connectivity index (χ0v) is 15.0. The Morgan fingerprint density at radius 1 is 0.963 bits per heavy atom. The lowest BCUT2D eigenvalue weighted by Gasteiger charge is -2.21. The lowest BCUT2D eigenvalue weighted by Crippen LogP contribution is -2.28. The second-order valence-electron chi connectivity index (χ2n) is 6.83. The maximum atomic E-state index is 4.79. The van der Waals surface area contributed by atoms with Crippen LogP contribution in [-0.2, 0) is 25.8 Å². The fourth-order valence-electron chi connectivity index (χ4n) is 3.68. The van der Waals surface area contributed by atoms with Gasteiger partial charge in [-0.25, -0.2) is 19.6 Å². The highest BCUT2D eigenvalue weighted by atomic mass is 15.4. The summed E-state index contributed by atoms with van der Waals surface area (Å²) in [4.78, 5) is 19.1. The first-order valence-corrected chi connectivity index (χ1v) is 9.36. The average molecular weight is 359 g/mol. The molecule has 0 unspecified atom stereocenters. The predicted molar refractivity (Wildman–Crippen MR) is 104 cm³/mol. The first-order valence-electron chi connectivity index (χ1n) is 9.36. The topological polar surface area (TPSA) is 75.5 Å². The van der Waals surface area contributed by atoms with Crippen molar-refractivity contribution in [2.24, 2.45) is 0 Å². The molecule has 3 aromatic heterocycles. The Hall–Kier alpha value is -3.22. The monoisotopic (exact) mass is 359 g/mol. The number of aromatic amines is 1. The van der Waals surface area contributed by atoms with E-state index in [4.69, 9.17) is 10.1 Å². The van der Waals surface area contributed by atoms with Crippen LogP contribution in [0, 0.1) is 0 Å². The number of aromatic nitrogens is 6. The van der Waals surface area contributed by atoms with Crippen LogP contribution in [0.5, 0.6) is 0 Å². The van der Waals surface area contributed by atoms with Gasteiger partial charge in [-0.1, -0.05) is 30.3 Å². The van der Waals surface area contributed by atoms with E-state index in [1.165, 1.54) is 5.56 Å². The summed E-state index contributed by atoms with van der Waals surface area (Å²) in [6, 6.07) is 12.5. The van der Waals surface area contributed by atoms with Gasteiger partial charge in [-0.3, -0.25) is 0 Å². The van der Waals surface area contributed by atoms with Crippen LogP contribution in [0.4, 0.5) is 5.82 Å². The number of hydrogen-bond acceptors (Lipinski definition) is 5. The van der Waals surface area contributed by atoms with Gasteiger partial charge in [0.15, 0.2) is 5.82 Å². The average Bonchev–Trinajstić information content (AvgIpc) is 3.30. The van der Waals surface area contributed by atoms with Crippen LogP contribution in [0.15, 0.2) is 48.9 Å². The Morgan fingerprint density at radius 3 is 2.81 bits per heavy atom. The number of benzene rings is 1. The van der Waals surface area contributed by atoms with Gasteiger partial charge in [-0.2, -0.15) is 5.10 Å². The second kappa shape index (κ2) is 6.83. The van der Waals surface area contributed by atoms with Crippen LogP contribution >= 0.6 is 0 Å². The first-order chi connectivity index (χ1) is 13.4. The van der Waals surface area contributed by atoms with E-state index in [2.05, 4.69) is 48.8 Å². The van der Waals surface area contributed by atoms with Gasteiger partial charge >= 0.3 is 0 Å². The minimum absolute atomic E-state index is 0.823. The Labute approximate surface area is 157 Å². The molecule has 5 rings (SSSR count). The van der Waals surface area contributed by atoms with Crippen molar-refractivity contribution >= 4 is 16.9 Å². The summed E-state index contributed by atoms with van der Waals surface area (Å²) in [7, 11) is 0. The predicted octanol–water partition coefficient (Wildman–Crippen LogP) is 2.40. The zero-order chi connectivity index (χ0) is 18.1. The van der Waals surface area contributed by atoms with Crippen molar-refractivity contribution < 1.29 is 0 Å². The molecule has 0 saturated carbocycles. The number of H-pyrrole nitrogens is 1. The number of hydrogen-bond donors (Lipinski definition) is 1. The van der Waals surface area contributed by atoms with Gasteiger partial charge in [-0.05, 0) is 18.1 Å². The number of fused-ring (bicyclic) bond motifs is 2. The van der Waals surface area contributed by atoms with Crippen LogP contribution < -0.4 is 4.90 Å². The Morgan fingerprint density at radius 2 is 1.89 bits per heavy atom. The van der Waals surface area contributed by atoms with Crippen molar-refractivity contribution in [3.05, 3.63) is 66.1 Å². The highest BCUT2D eigenvalue weighted by Crippen LogP contribution is 2.23. The third kappa shape index (κ3) is 3.16. The Bertz CT molecular complexity index is 1030. The van der Waals surface area contributed by atoms with Gasteiger partial charge in [0.2, 0.25) is 0 Å². The van der Waals surface area contributed by atoms with E-state index in [0.717, 1.165) is 67.4 Å². The molecule has 136 valence electrons.